The highest BCUT2D eigenvalue weighted by Gasteiger charge is 2.35. The maximum atomic E-state index is 15.0. The second kappa shape index (κ2) is 11.3. The molecule has 220 valence electrons. The van der Waals surface area contributed by atoms with E-state index in [0.29, 0.717) is 24.6 Å². The standard InChI is InChI=1S/C28H31F4N5O4/c1-13-22(27(40)37-20-7-6-17(10-19(20)29)36-26(39)14(2)38)24-25(35-13)23(33-12-34-24)18-9-16(28(30,31)32)5-8-21(18)41-11-15-3-4-15/h5,8-9,12,14-15,17,19-20,35,38H,3-4,6-7,10-11H2,1-2H3,(H,36,39)(H,37,40)/t14-,17+,19+,20+/m0/s1. The van der Waals surface area contributed by atoms with Gasteiger partial charge in [-0.05, 0) is 63.6 Å². The molecule has 41 heavy (non-hydrogen) atoms. The van der Waals surface area contributed by atoms with E-state index in [1.165, 1.54) is 19.3 Å². The van der Waals surface area contributed by atoms with E-state index in [4.69, 9.17) is 4.74 Å². The first-order valence-corrected chi connectivity index (χ1v) is 13.5. The molecule has 2 amide bonds. The molecule has 13 heteroatoms. The van der Waals surface area contributed by atoms with Gasteiger partial charge in [0.1, 0.15) is 35.6 Å². The van der Waals surface area contributed by atoms with E-state index >= 15 is 0 Å². The highest BCUT2D eigenvalue weighted by Crippen LogP contribution is 2.40. The van der Waals surface area contributed by atoms with Crippen LogP contribution in [0.3, 0.4) is 0 Å². The molecule has 0 bridgehead atoms. The molecule has 9 nitrogen and oxygen atoms in total. The van der Waals surface area contributed by atoms with E-state index in [-0.39, 0.29) is 46.4 Å². The third-order valence-electron chi connectivity index (χ3n) is 7.55. The minimum atomic E-state index is -4.59. The summed E-state index contributed by atoms with van der Waals surface area (Å²) < 4.78 is 61.7. The SMILES string of the molecule is Cc1[nH]c2c(-c3cc(C(F)(F)F)ccc3OCC3CC3)ncnc2c1C(=O)N[C@@H]1CC[C@@H](NC(=O)[C@H](C)O)C[C@H]1F. The molecule has 0 saturated heterocycles. The van der Waals surface area contributed by atoms with Gasteiger partial charge < -0.3 is 25.5 Å². The number of alkyl halides is 4. The number of carbonyl (C=O) groups is 2. The third kappa shape index (κ3) is 6.29. The van der Waals surface area contributed by atoms with Gasteiger partial charge in [-0.1, -0.05) is 0 Å². The van der Waals surface area contributed by atoms with Crippen molar-refractivity contribution in [3.8, 4) is 17.0 Å². The molecule has 1 aromatic carbocycles. The maximum absolute atomic E-state index is 15.0. The van der Waals surface area contributed by atoms with Gasteiger partial charge in [-0.15, -0.1) is 0 Å². The van der Waals surface area contributed by atoms with Gasteiger partial charge in [-0.25, -0.2) is 14.4 Å². The Labute approximate surface area is 233 Å². The number of amides is 2. The van der Waals surface area contributed by atoms with Crippen LogP contribution < -0.4 is 15.4 Å². The van der Waals surface area contributed by atoms with Crippen molar-refractivity contribution in [2.24, 2.45) is 5.92 Å². The number of aromatic amines is 1. The average molecular weight is 578 g/mol. The number of H-pyrrole nitrogens is 1. The van der Waals surface area contributed by atoms with Crippen LogP contribution in [0.2, 0.25) is 0 Å². The highest BCUT2D eigenvalue weighted by atomic mass is 19.4. The summed E-state index contributed by atoms with van der Waals surface area (Å²) in [4.78, 5) is 36.6. The summed E-state index contributed by atoms with van der Waals surface area (Å²) in [5.41, 5.74) is 0.353. The van der Waals surface area contributed by atoms with Gasteiger partial charge in [0.15, 0.2) is 0 Å². The average Bonchev–Trinajstić information content (AvgIpc) is 3.67. The molecule has 0 unspecified atom stereocenters. The fourth-order valence-corrected chi connectivity index (χ4v) is 5.08. The molecule has 0 radical (unpaired) electrons. The van der Waals surface area contributed by atoms with Crippen LogP contribution in [-0.4, -0.2) is 62.8 Å². The number of aliphatic hydroxyl groups is 1. The molecular formula is C28H31F4N5O4. The Kier molecular flexibility index (Phi) is 7.91. The zero-order chi connectivity index (χ0) is 29.5. The normalized spacial score (nSPS) is 21.9. The molecule has 2 aliphatic carbocycles. The monoisotopic (exact) mass is 577 g/mol. The van der Waals surface area contributed by atoms with Crippen LogP contribution in [0.15, 0.2) is 24.5 Å². The van der Waals surface area contributed by atoms with Crippen molar-refractivity contribution in [1.29, 1.82) is 0 Å². The summed E-state index contributed by atoms with van der Waals surface area (Å²) >= 11 is 0. The Hall–Kier alpha value is -3.74. The molecule has 0 aliphatic heterocycles. The number of aliphatic hydroxyl groups excluding tert-OH is 1. The van der Waals surface area contributed by atoms with Crippen LogP contribution in [0.4, 0.5) is 17.6 Å². The number of aromatic nitrogens is 3. The number of hydrogen-bond donors (Lipinski definition) is 4. The lowest BCUT2D eigenvalue weighted by Crippen LogP contribution is -2.51. The summed E-state index contributed by atoms with van der Waals surface area (Å²) in [5.74, 6) is -0.575. The number of halogens is 4. The van der Waals surface area contributed by atoms with E-state index in [1.54, 1.807) is 6.92 Å². The van der Waals surface area contributed by atoms with Crippen LogP contribution in [-0.2, 0) is 11.0 Å². The first-order valence-electron chi connectivity index (χ1n) is 13.5. The highest BCUT2D eigenvalue weighted by molar-refractivity contribution is 6.09. The van der Waals surface area contributed by atoms with Gasteiger partial charge in [0.05, 0.1) is 29.3 Å². The van der Waals surface area contributed by atoms with Crippen molar-refractivity contribution in [3.63, 3.8) is 0 Å². The van der Waals surface area contributed by atoms with Gasteiger partial charge in [0.25, 0.3) is 5.91 Å². The second-order valence-corrected chi connectivity index (χ2v) is 10.8. The predicted octanol–water partition coefficient (Wildman–Crippen LogP) is 4.23. The van der Waals surface area contributed by atoms with Crippen molar-refractivity contribution in [2.45, 2.75) is 76.5 Å². The van der Waals surface area contributed by atoms with Gasteiger partial charge in [-0.3, -0.25) is 9.59 Å². The van der Waals surface area contributed by atoms with E-state index in [2.05, 4.69) is 25.6 Å². The van der Waals surface area contributed by atoms with Crippen LogP contribution >= 0.6 is 0 Å². The number of fused-ring (bicyclic) bond motifs is 1. The number of carbonyl (C=O) groups excluding carboxylic acids is 2. The van der Waals surface area contributed by atoms with Crippen LogP contribution in [0.1, 0.15) is 60.6 Å². The molecule has 2 aromatic heterocycles. The minimum absolute atomic E-state index is 0.0260. The molecule has 5 rings (SSSR count). The first-order chi connectivity index (χ1) is 19.4. The molecule has 4 atom stereocenters. The number of nitrogens with zero attached hydrogens (tertiary/aromatic N) is 2. The van der Waals surface area contributed by atoms with Crippen LogP contribution in [0.5, 0.6) is 5.75 Å². The van der Waals surface area contributed by atoms with E-state index in [1.807, 2.05) is 0 Å². The lowest BCUT2D eigenvalue weighted by Gasteiger charge is -2.32. The third-order valence-corrected chi connectivity index (χ3v) is 7.55. The topological polar surface area (TPSA) is 129 Å². The Balaban J connectivity index is 1.41. The predicted molar refractivity (Wildman–Crippen MR) is 141 cm³/mol. The molecule has 0 spiro atoms. The van der Waals surface area contributed by atoms with Gasteiger partial charge >= 0.3 is 6.18 Å². The summed E-state index contributed by atoms with van der Waals surface area (Å²) in [5, 5.41) is 14.7. The fraction of sp³-hybridized carbons (Fsp3) is 0.500. The first kappa shape index (κ1) is 28.8. The minimum Gasteiger partial charge on any atom is -0.493 e. The summed E-state index contributed by atoms with van der Waals surface area (Å²) in [6.45, 7) is 3.31. The number of nitrogens with one attached hydrogen (secondary N) is 3. The van der Waals surface area contributed by atoms with Gasteiger partial charge in [-0.2, -0.15) is 13.2 Å². The number of ether oxygens (including phenoxy) is 1. The zero-order valence-electron chi connectivity index (χ0n) is 22.5. The lowest BCUT2D eigenvalue weighted by atomic mass is 9.89. The summed E-state index contributed by atoms with van der Waals surface area (Å²) in [6.07, 6.45) is -3.44. The van der Waals surface area contributed by atoms with Crippen LogP contribution in [0.25, 0.3) is 22.3 Å². The summed E-state index contributed by atoms with van der Waals surface area (Å²) in [6, 6.07) is 1.93. The quantitative estimate of drug-likeness (QED) is 0.297. The van der Waals surface area contributed by atoms with Crippen LogP contribution in [0, 0.1) is 12.8 Å². The van der Waals surface area contributed by atoms with E-state index in [9.17, 15) is 32.3 Å². The molecule has 2 heterocycles. The molecule has 2 saturated carbocycles. The van der Waals surface area contributed by atoms with Gasteiger partial charge in [0, 0.05) is 23.7 Å². The molecule has 4 N–H and O–H groups in total. The molecular weight excluding hydrogens is 546 g/mol. The second-order valence-electron chi connectivity index (χ2n) is 10.8. The van der Waals surface area contributed by atoms with Crippen molar-refractivity contribution in [1.82, 2.24) is 25.6 Å². The summed E-state index contributed by atoms with van der Waals surface area (Å²) in [7, 11) is 0. The number of hydrogen-bond acceptors (Lipinski definition) is 6. The zero-order valence-corrected chi connectivity index (χ0v) is 22.5. The largest absolute Gasteiger partial charge is 0.493 e. The number of benzene rings is 1. The number of aryl methyl sites for hydroxylation is 1. The van der Waals surface area contributed by atoms with Crippen molar-refractivity contribution in [3.05, 3.63) is 41.3 Å². The lowest BCUT2D eigenvalue weighted by molar-refractivity contribution is -0.137. The molecule has 3 aromatic rings. The Morgan fingerprint density at radius 2 is 1.93 bits per heavy atom. The molecule has 2 fully saturated rings. The van der Waals surface area contributed by atoms with E-state index in [0.717, 1.165) is 25.0 Å². The van der Waals surface area contributed by atoms with E-state index < -0.39 is 47.9 Å². The maximum Gasteiger partial charge on any atom is 0.416 e. The molecule has 2 aliphatic rings. The Morgan fingerprint density at radius 3 is 2.59 bits per heavy atom. The van der Waals surface area contributed by atoms with Gasteiger partial charge in [0.2, 0.25) is 5.91 Å². The fourth-order valence-electron chi connectivity index (χ4n) is 5.08. The van der Waals surface area contributed by atoms with Crippen molar-refractivity contribution >= 4 is 22.8 Å². The van der Waals surface area contributed by atoms with Crippen molar-refractivity contribution < 1.29 is 37.0 Å². The number of rotatable bonds is 8. The Morgan fingerprint density at radius 1 is 1.17 bits per heavy atom. The smallest absolute Gasteiger partial charge is 0.416 e. The Bertz CT molecular complexity index is 1450. The van der Waals surface area contributed by atoms with Crippen molar-refractivity contribution in [2.75, 3.05) is 6.61 Å².